The molecular weight excluding hydrogens is 392 g/mol. The Balaban J connectivity index is 1.82. The van der Waals surface area contributed by atoms with Crippen LogP contribution in [0.25, 0.3) is 0 Å². The van der Waals surface area contributed by atoms with Gasteiger partial charge in [0.15, 0.2) is 0 Å². The van der Waals surface area contributed by atoms with Crippen LogP contribution in [0.1, 0.15) is 26.7 Å². The number of rotatable bonds is 5. The van der Waals surface area contributed by atoms with Crippen LogP contribution in [0, 0.1) is 0 Å². The van der Waals surface area contributed by atoms with Gasteiger partial charge in [-0.2, -0.15) is 0 Å². The van der Waals surface area contributed by atoms with E-state index in [0.717, 1.165) is 0 Å². The first-order valence-corrected chi connectivity index (χ1v) is 9.74. The molecule has 1 fully saturated rings. The number of hydrogen-bond acceptors (Lipinski definition) is 7. The summed E-state index contributed by atoms with van der Waals surface area (Å²) in [5.74, 6) is 0.0873. The van der Waals surface area contributed by atoms with E-state index in [2.05, 4.69) is 5.32 Å². The Hall–Kier alpha value is -3.23. The summed E-state index contributed by atoms with van der Waals surface area (Å²) >= 11 is 0. The number of likely N-dealkylation sites (tertiary alicyclic amines) is 1. The van der Waals surface area contributed by atoms with Crippen LogP contribution >= 0.6 is 0 Å². The van der Waals surface area contributed by atoms with E-state index in [0.29, 0.717) is 43.1 Å². The minimum atomic E-state index is -1.06. The molecule has 9 nitrogen and oxygen atoms in total. The molecule has 30 heavy (non-hydrogen) atoms. The van der Waals surface area contributed by atoms with E-state index in [9.17, 15) is 14.4 Å². The summed E-state index contributed by atoms with van der Waals surface area (Å²) in [6, 6.07) is 5.00. The molecule has 9 heteroatoms. The molecule has 0 radical (unpaired) electrons. The van der Waals surface area contributed by atoms with E-state index in [1.165, 1.54) is 14.2 Å². The predicted octanol–water partition coefficient (Wildman–Crippen LogP) is 2.51. The molecule has 162 valence electrons. The molecule has 2 aliphatic rings. The highest BCUT2D eigenvalue weighted by atomic mass is 16.6. The largest absolute Gasteiger partial charge is 0.497 e. The highest BCUT2D eigenvalue weighted by Gasteiger charge is 2.51. The quantitative estimate of drug-likeness (QED) is 0.733. The number of amides is 2. The summed E-state index contributed by atoms with van der Waals surface area (Å²) < 4.78 is 21.2. The van der Waals surface area contributed by atoms with Crippen LogP contribution in [0.2, 0.25) is 0 Å². The number of hydrogen-bond donors (Lipinski definition) is 1. The second kappa shape index (κ2) is 8.64. The van der Waals surface area contributed by atoms with Gasteiger partial charge in [0, 0.05) is 55.4 Å². The number of nitrogens with zero attached hydrogens (tertiary/aromatic N) is 1. The van der Waals surface area contributed by atoms with Crippen LogP contribution in [-0.2, 0) is 19.1 Å². The SMILES string of the molecule is CCOC(=O)N1CCC2(CC1)OC(=O)C(C)=C2C(=O)Nc1cc(OC)cc(OC)c1. The van der Waals surface area contributed by atoms with Crippen LogP contribution in [0.4, 0.5) is 10.5 Å². The van der Waals surface area contributed by atoms with Crippen LogP contribution in [-0.4, -0.2) is 62.4 Å². The summed E-state index contributed by atoms with van der Waals surface area (Å²) in [4.78, 5) is 39.0. The minimum absolute atomic E-state index is 0.270. The smallest absolute Gasteiger partial charge is 0.409 e. The van der Waals surface area contributed by atoms with Crippen molar-refractivity contribution in [3.8, 4) is 11.5 Å². The zero-order valence-corrected chi connectivity index (χ0v) is 17.6. The Kier molecular flexibility index (Phi) is 6.19. The lowest BCUT2D eigenvalue weighted by Crippen LogP contribution is -2.49. The highest BCUT2D eigenvalue weighted by Crippen LogP contribution is 2.41. The lowest BCUT2D eigenvalue weighted by Gasteiger charge is -2.38. The van der Waals surface area contributed by atoms with Crippen molar-refractivity contribution in [1.29, 1.82) is 0 Å². The number of carbonyl (C=O) groups excluding carboxylic acids is 3. The number of methoxy groups -OCH3 is 2. The van der Waals surface area contributed by atoms with E-state index in [1.54, 1.807) is 36.9 Å². The van der Waals surface area contributed by atoms with E-state index in [-0.39, 0.29) is 17.8 Å². The highest BCUT2D eigenvalue weighted by molar-refractivity contribution is 6.12. The lowest BCUT2D eigenvalue weighted by atomic mass is 9.83. The number of benzene rings is 1. The van der Waals surface area contributed by atoms with Crippen molar-refractivity contribution < 1.29 is 33.3 Å². The van der Waals surface area contributed by atoms with Gasteiger partial charge in [0.2, 0.25) is 0 Å². The molecule has 1 spiro atoms. The Labute approximate surface area is 174 Å². The van der Waals surface area contributed by atoms with Gasteiger partial charge in [-0.3, -0.25) is 4.79 Å². The fraction of sp³-hybridized carbons (Fsp3) is 0.476. The van der Waals surface area contributed by atoms with Gasteiger partial charge in [-0.15, -0.1) is 0 Å². The molecular formula is C21H26N2O7. The Morgan fingerprint density at radius 3 is 2.27 bits per heavy atom. The van der Waals surface area contributed by atoms with E-state index >= 15 is 0 Å². The third-order valence-electron chi connectivity index (χ3n) is 5.36. The van der Waals surface area contributed by atoms with Gasteiger partial charge < -0.3 is 29.2 Å². The van der Waals surface area contributed by atoms with Crippen LogP contribution < -0.4 is 14.8 Å². The third-order valence-corrected chi connectivity index (χ3v) is 5.36. The van der Waals surface area contributed by atoms with Crippen LogP contribution in [0.15, 0.2) is 29.3 Å². The minimum Gasteiger partial charge on any atom is -0.497 e. The van der Waals surface area contributed by atoms with Gasteiger partial charge in [-0.05, 0) is 13.8 Å². The molecule has 0 unspecified atom stereocenters. The summed E-state index contributed by atoms with van der Waals surface area (Å²) in [5, 5.41) is 2.82. The number of anilines is 1. The van der Waals surface area contributed by atoms with E-state index in [4.69, 9.17) is 18.9 Å². The Morgan fingerprint density at radius 2 is 1.73 bits per heavy atom. The Morgan fingerprint density at radius 1 is 1.13 bits per heavy atom. The van der Waals surface area contributed by atoms with Crippen molar-refractivity contribution in [2.75, 3.05) is 39.2 Å². The molecule has 1 aromatic carbocycles. The molecule has 0 atom stereocenters. The van der Waals surface area contributed by atoms with Crippen molar-refractivity contribution in [2.45, 2.75) is 32.3 Å². The molecule has 2 heterocycles. The van der Waals surface area contributed by atoms with Crippen LogP contribution in [0.5, 0.6) is 11.5 Å². The summed E-state index contributed by atoms with van der Waals surface area (Å²) in [7, 11) is 3.03. The van der Waals surface area contributed by atoms with Crippen LogP contribution in [0.3, 0.4) is 0 Å². The first-order valence-electron chi connectivity index (χ1n) is 9.74. The van der Waals surface area contributed by atoms with Gasteiger partial charge in [0.1, 0.15) is 17.1 Å². The topological polar surface area (TPSA) is 103 Å². The van der Waals surface area contributed by atoms with Gasteiger partial charge in [0.05, 0.1) is 26.4 Å². The van der Waals surface area contributed by atoms with Gasteiger partial charge >= 0.3 is 12.1 Å². The third kappa shape index (κ3) is 4.05. The first-order chi connectivity index (χ1) is 14.3. The standard InChI is InChI=1S/C21H26N2O7/c1-5-29-20(26)23-8-6-21(7-9-23)17(13(2)19(25)30-21)18(24)22-14-10-15(27-3)12-16(11-14)28-4/h10-12H,5-9H2,1-4H3,(H,22,24). The zero-order valence-electron chi connectivity index (χ0n) is 17.6. The maximum atomic E-state index is 13.2. The molecule has 0 aliphatic carbocycles. The lowest BCUT2D eigenvalue weighted by molar-refractivity contribution is -0.150. The summed E-state index contributed by atoms with van der Waals surface area (Å²) in [6.45, 7) is 4.25. The van der Waals surface area contributed by atoms with Crippen molar-refractivity contribution >= 4 is 23.7 Å². The summed E-state index contributed by atoms with van der Waals surface area (Å²) in [6.07, 6.45) is 0.227. The fourth-order valence-corrected chi connectivity index (χ4v) is 3.82. The monoisotopic (exact) mass is 418 g/mol. The van der Waals surface area contributed by atoms with Crippen molar-refractivity contribution in [2.24, 2.45) is 0 Å². The van der Waals surface area contributed by atoms with Gasteiger partial charge in [-0.1, -0.05) is 0 Å². The van der Waals surface area contributed by atoms with Crippen molar-refractivity contribution in [3.63, 3.8) is 0 Å². The maximum Gasteiger partial charge on any atom is 0.409 e. The van der Waals surface area contributed by atoms with Crippen molar-refractivity contribution in [3.05, 3.63) is 29.3 Å². The zero-order chi connectivity index (χ0) is 21.9. The number of carbonyl (C=O) groups is 3. The average molecular weight is 418 g/mol. The number of piperidine rings is 1. The summed E-state index contributed by atoms with van der Waals surface area (Å²) in [5.41, 5.74) is -0.0308. The molecule has 2 amide bonds. The Bertz CT molecular complexity index is 863. The molecule has 1 aromatic rings. The van der Waals surface area contributed by atoms with E-state index < -0.39 is 23.6 Å². The molecule has 0 saturated carbocycles. The molecule has 1 saturated heterocycles. The normalized spacial score (nSPS) is 17.6. The second-order valence-electron chi connectivity index (χ2n) is 7.13. The van der Waals surface area contributed by atoms with Gasteiger partial charge in [-0.25, -0.2) is 9.59 Å². The number of ether oxygens (including phenoxy) is 4. The average Bonchev–Trinajstić information content (AvgIpc) is 2.97. The maximum absolute atomic E-state index is 13.2. The first kappa shape index (κ1) is 21.5. The van der Waals surface area contributed by atoms with Crippen molar-refractivity contribution in [1.82, 2.24) is 4.90 Å². The molecule has 1 N–H and O–H groups in total. The predicted molar refractivity (Wildman–Crippen MR) is 108 cm³/mol. The number of esters is 1. The fourth-order valence-electron chi connectivity index (χ4n) is 3.82. The second-order valence-corrected chi connectivity index (χ2v) is 7.13. The van der Waals surface area contributed by atoms with E-state index in [1.807, 2.05) is 0 Å². The molecule has 0 aromatic heterocycles. The molecule has 0 bridgehead atoms. The molecule has 3 rings (SSSR count). The van der Waals surface area contributed by atoms with Gasteiger partial charge in [0.25, 0.3) is 5.91 Å². The molecule has 2 aliphatic heterocycles. The number of nitrogens with one attached hydrogen (secondary N) is 1.